The summed E-state index contributed by atoms with van der Waals surface area (Å²) < 4.78 is 0. The summed E-state index contributed by atoms with van der Waals surface area (Å²) in [5.41, 5.74) is 1.63. The quantitative estimate of drug-likeness (QED) is 0.705. The van der Waals surface area contributed by atoms with Gasteiger partial charge >= 0.3 is 5.97 Å². The first-order chi connectivity index (χ1) is 11.8. The van der Waals surface area contributed by atoms with Gasteiger partial charge < -0.3 is 10.4 Å². The van der Waals surface area contributed by atoms with Crippen molar-refractivity contribution in [3.8, 4) is 0 Å². The van der Waals surface area contributed by atoms with Gasteiger partial charge in [-0.05, 0) is 24.1 Å². The molecular formula is C17H20N2O5S. The zero-order chi connectivity index (χ0) is 18.6. The van der Waals surface area contributed by atoms with Crippen molar-refractivity contribution in [2.24, 2.45) is 0 Å². The Balaban J connectivity index is 2.04. The molecule has 3 amide bonds. The molecule has 0 radical (unpaired) electrons. The summed E-state index contributed by atoms with van der Waals surface area (Å²) >= 11 is 1.07. The Hall–Kier alpha value is -2.35. The summed E-state index contributed by atoms with van der Waals surface area (Å²) in [4.78, 5) is 48.1. The van der Waals surface area contributed by atoms with E-state index in [4.69, 9.17) is 5.11 Å². The van der Waals surface area contributed by atoms with Crippen LogP contribution >= 0.6 is 11.8 Å². The van der Waals surface area contributed by atoms with E-state index in [1.54, 1.807) is 12.1 Å². The molecule has 0 bridgehead atoms. The Labute approximate surface area is 149 Å². The molecule has 1 heterocycles. The summed E-state index contributed by atoms with van der Waals surface area (Å²) in [6.07, 6.45) is 0.881. The smallest absolute Gasteiger partial charge is 0.327 e. The van der Waals surface area contributed by atoms with Gasteiger partial charge in [-0.15, -0.1) is 11.8 Å². The van der Waals surface area contributed by atoms with Crippen molar-refractivity contribution >= 4 is 41.1 Å². The van der Waals surface area contributed by atoms with E-state index in [2.05, 4.69) is 5.32 Å². The number of imide groups is 1. The largest absolute Gasteiger partial charge is 0.480 e. The van der Waals surface area contributed by atoms with Crippen molar-refractivity contribution in [2.45, 2.75) is 38.0 Å². The van der Waals surface area contributed by atoms with Crippen molar-refractivity contribution in [1.82, 2.24) is 5.32 Å². The average molecular weight is 364 g/mol. The topological polar surface area (TPSA) is 104 Å². The van der Waals surface area contributed by atoms with Gasteiger partial charge in [-0.2, -0.15) is 0 Å². The minimum Gasteiger partial charge on any atom is -0.480 e. The molecule has 1 saturated heterocycles. The highest BCUT2D eigenvalue weighted by Gasteiger charge is 2.40. The normalized spacial score (nSPS) is 18.3. The maximum Gasteiger partial charge on any atom is 0.327 e. The van der Waals surface area contributed by atoms with E-state index < -0.39 is 23.2 Å². The van der Waals surface area contributed by atoms with E-state index >= 15 is 0 Å². The average Bonchev–Trinajstić information content (AvgIpc) is 2.85. The van der Waals surface area contributed by atoms with Crippen LogP contribution in [-0.4, -0.2) is 45.8 Å². The molecular weight excluding hydrogens is 344 g/mol. The van der Waals surface area contributed by atoms with Gasteiger partial charge in [-0.25, -0.2) is 9.69 Å². The SMILES string of the molecule is CCc1ccc(N2C(=O)C[C@H](SC[C@@H](NC(C)=O)C(=O)O)C2=O)cc1. The molecule has 1 fully saturated rings. The van der Waals surface area contributed by atoms with Crippen LogP contribution in [0.5, 0.6) is 0 Å². The Morgan fingerprint density at radius 2 is 1.96 bits per heavy atom. The van der Waals surface area contributed by atoms with Crippen LogP contribution in [0.3, 0.4) is 0 Å². The fourth-order valence-electron chi connectivity index (χ4n) is 2.52. The number of rotatable bonds is 7. The first-order valence-corrected chi connectivity index (χ1v) is 8.95. The molecule has 0 spiro atoms. The number of hydrogen-bond acceptors (Lipinski definition) is 5. The lowest BCUT2D eigenvalue weighted by Gasteiger charge is -2.17. The van der Waals surface area contributed by atoms with E-state index in [-0.39, 0.29) is 24.0 Å². The fraction of sp³-hybridized carbons (Fsp3) is 0.412. The predicted octanol–water partition coefficient (Wildman–Crippen LogP) is 1.20. The van der Waals surface area contributed by atoms with Crippen LogP contribution in [0.25, 0.3) is 0 Å². The van der Waals surface area contributed by atoms with Crippen molar-refractivity contribution < 1.29 is 24.3 Å². The van der Waals surface area contributed by atoms with Gasteiger partial charge in [0.25, 0.3) is 0 Å². The lowest BCUT2D eigenvalue weighted by atomic mass is 10.1. The van der Waals surface area contributed by atoms with Gasteiger partial charge in [0.15, 0.2) is 0 Å². The maximum absolute atomic E-state index is 12.5. The fourth-order valence-corrected chi connectivity index (χ4v) is 3.68. The van der Waals surface area contributed by atoms with Crippen molar-refractivity contribution in [3.63, 3.8) is 0 Å². The van der Waals surface area contributed by atoms with Crippen LogP contribution in [0, 0.1) is 0 Å². The van der Waals surface area contributed by atoms with Crippen molar-refractivity contribution in [2.75, 3.05) is 10.7 Å². The number of carboxylic acids is 1. The Kier molecular flexibility index (Phi) is 6.19. The second-order valence-electron chi connectivity index (χ2n) is 5.70. The molecule has 1 aromatic rings. The molecule has 0 aromatic heterocycles. The Morgan fingerprint density at radius 3 is 2.48 bits per heavy atom. The van der Waals surface area contributed by atoms with Gasteiger partial charge in [-0.1, -0.05) is 19.1 Å². The molecule has 8 heteroatoms. The van der Waals surface area contributed by atoms with E-state index in [1.165, 1.54) is 6.92 Å². The van der Waals surface area contributed by atoms with Crippen molar-refractivity contribution in [3.05, 3.63) is 29.8 Å². The number of nitrogens with one attached hydrogen (secondary N) is 1. The van der Waals surface area contributed by atoms with Gasteiger partial charge in [0, 0.05) is 19.1 Å². The molecule has 7 nitrogen and oxygen atoms in total. The number of amides is 3. The van der Waals surface area contributed by atoms with Crippen LogP contribution in [-0.2, 0) is 25.6 Å². The van der Waals surface area contributed by atoms with E-state index in [0.29, 0.717) is 5.69 Å². The van der Waals surface area contributed by atoms with Crippen LogP contribution in [0.1, 0.15) is 25.8 Å². The number of hydrogen-bond donors (Lipinski definition) is 2. The highest BCUT2D eigenvalue weighted by molar-refractivity contribution is 8.00. The maximum atomic E-state index is 12.5. The lowest BCUT2D eigenvalue weighted by Crippen LogP contribution is -2.42. The van der Waals surface area contributed by atoms with E-state index in [1.807, 2.05) is 19.1 Å². The number of aliphatic carboxylic acids is 1. The minimum absolute atomic E-state index is 0.0151. The molecule has 134 valence electrons. The number of carbonyl (C=O) groups excluding carboxylic acids is 3. The van der Waals surface area contributed by atoms with Crippen LogP contribution in [0.15, 0.2) is 24.3 Å². The highest BCUT2D eigenvalue weighted by Crippen LogP contribution is 2.30. The van der Waals surface area contributed by atoms with Gasteiger partial charge in [0.1, 0.15) is 6.04 Å². The third-order valence-electron chi connectivity index (χ3n) is 3.85. The van der Waals surface area contributed by atoms with Gasteiger partial charge in [0.05, 0.1) is 10.9 Å². The summed E-state index contributed by atoms with van der Waals surface area (Å²) in [7, 11) is 0. The second-order valence-corrected chi connectivity index (χ2v) is 6.94. The predicted molar refractivity (Wildman–Crippen MR) is 94.4 cm³/mol. The number of anilines is 1. The number of carbonyl (C=O) groups is 4. The number of carboxylic acid groups (broad SMARTS) is 1. The Morgan fingerprint density at radius 1 is 1.32 bits per heavy atom. The molecule has 1 aromatic carbocycles. The molecule has 2 rings (SSSR count). The lowest BCUT2D eigenvalue weighted by molar-refractivity contribution is -0.140. The highest BCUT2D eigenvalue weighted by atomic mass is 32.2. The molecule has 25 heavy (non-hydrogen) atoms. The minimum atomic E-state index is -1.17. The van der Waals surface area contributed by atoms with E-state index in [0.717, 1.165) is 28.6 Å². The standard InChI is InChI=1S/C17H20N2O5S/c1-3-11-4-6-12(7-5-11)19-15(21)8-14(16(19)22)25-9-13(17(23)24)18-10(2)20/h4-7,13-14H,3,8-9H2,1-2H3,(H,18,20)(H,23,24)/t13-,14+/m1/s1. The molecule has 2 N–H and O–H groups in total. The zero-order valence-electron chi connectivity index (χ0n) is 14.0. The third-order valence-corrected chi connectivity index (χ3v) is 5.14. The number of aryl methyl sites for hydroxylation is 1. The molecule has 1 aliphatic rings. The third kappa shape index (κ3) is 4.60. The monoisotopic (exact) mass is 364 g/mol. The first kappa shape index (κ1) is 19.0. The molecule has 0 aliphatic carbocycles. The van der Waals surface area contributed by atoms with Crippen LogP contribution < -0.4 is 10.2 Å². The van der Waals surface area contributed by atoms with Crippen molar-refractivity contribution in [1.29, 1.82) is 0 Å². The molecule has 2 atom stereocenters. The van der Waals surface area contributed by atoms with Crippen LogP contribution in [0.2, 0.25) is 0 Å². The molecule has 0 unspecified atom stereocenters. The van der Waals surface area contributed by atoms with Gasteiger partial charge in [-0.3, -0.25) is 14.4 Å². The number of benzene rings is 1. The number of nitrogens with zero attached hydrogens (tertiary/aromatic N) is 1. The summed E-state index contributed by atoms with van der Waals surface area (Å²) in [5, 5.41) is 10.8. The summed E-state index contributed by atoms with van der Waals surface area (Å²) in [6.45, 7) is 3.24. The van der Waals surface area contributed by atoms with Gasteiger partial charge in [0.2, 0.25) is 17.7 Å². The van der Waals surface area contributed by atoms with E-state index in [9.17, 15) is 19.2 Å². The van der Waals surface area contributed by atoms with Crippen LogP contribution in [0.4, 0.5) is 5.69 Å². The molecule has 0 saturated carbocycles. The second kappa shape index (κ2) is 8.15. The number of thioether (sulfide) groups is 1. The Bertz CT molecular complexity index is 689. The summed E-state index contributed by atoms with van der Waals surface area (Å²) in [6, 6.07) is 6.11. The molecule has 1 aliphatic heterocycles. The first-order valence-electron chi connectivity index (χ1n) is 7.90. The zero-order valence-corrected chi connectivity index (χ0v) is 14.8. The summed E-state index contributed by atoms with van der Waals surface area (Å²) in [5.74, 6) is -2.28.